The summed E-state index contributed by atoms with van der Waals surface area (Å²) >= 11 is 0. The fourth-order valence-electron chi connectivity index (χ4n) is 4.25. The number of hydrogen-bond acceptors (Lipinski definition) is 3. The Bertz CT molecular complexity index is 386. The number of piperidine rings is 1. The highest BCUT2D eigenvalue weighted by molar-refractivity contribution is 14.0. The number of likely N-dealkylation sites (tertiary alicyclic amines) is 1. The maximum atomic E-state index is 5.61. The number of nitrogens with one attached hydrogen (secondary N) is 2. The van der Waals surface area contributed by atoms with Gasteiger partial charge in [0.2, 0.25) is 0 Å². The van der Waals surface area contributed by atoms with Crippen LogP contribution in [0.5, 0.6) is 0 Å². The van der Waals surface area contributed by atoms with E-state index in [1.807, 2.05) is 7.05 Å². The lowest BCUT2D eigenvalue weighted by Crippen LogP contribution is -2.46. The molecule has 1 heterocycles. The van der Waals surface area contributed by atoms with Crippen LogP contribution in [0, 0.1) is 11.3 Å². The first-order valence-electron chi connectivity index (χ1n) is 9.88. The van der Waals surface area contributed by atoms with E-state index in [2.05, 4.69) is 34.5 Å². The summed E-state index contributed by atoms with van der Waals surface area (Å²) in [5, 5.41) is 7.15. The van der Waals surface area contributed by atoms with E-state index in [1.165, 1.54) is 51.6 Å². The summed E-state index contributed by atoms with van der Waals surface area (Å²) < 4.78 is 5.61. The summed E-state index contributed by atoms with van der Waals surface area (Å²) in [5.74, 6) is 1.70. The van der Waals surface area contributed by atoms with E-state index in [1.54, 1.807) is 0 Å². The molecule has 0 spiro atoms. The Morgan fingerprint density at radius 1 is 1.24 bits per heavy atom. The van der Waals surface area contributed by atoms with Gasteiger partial charge < -0.3 is 20.3 Å². The summed E-state index contributed by atoms with van der Waals surface area (Å²) in [6.07, 6.45) is 9.15. The van der Waals surface area contributed by atoms with E-state index in [0.717, 1.165) is 44.6 Å². The second-order valence-electron chi connectivity index (χ2n) is 7.73. The molecule has 0 bridgehead atoms. The molecular formula is C19H39IN4O. The molecule has 1 saturated carbocycles. The summed E-state index contributed by atoms with van der Waals surface area (Å²) in [4.78, 5) is 6.87. The van der Waals surface area contributed by atoms with E-state index in [9.17, 15) is 0 Å². The van der Waals surface area contributed by atoms with E-state index >= 15 is 0 Å². The Kier molecular flexibility index (Phi) is 11.3. The van der Waals surface area contributed by atoms with Crippen molar-refractivity contribution in [3.63, 3.8) is 0 Å². The van der Waals surface area contributed by atoms with E-state index in [-0.39, 0.29) is 24.0 Å². The lowest BCUT2D eigenvalue weighted by molar-refractivity contribution is 0.105. The molecule has 1 atom stereocenters. The van der Waals surface area contributed by atoms with Gasteiger partial charge in [-0.05, 0) is 64.0 Å². The first-order chi connectivity index (χ1) is 11.7. The number of guanidine groups is 1. The minimum absolute atomic E-state index is 0. The van der Waals surface area contributed by atoms with Crippen molar-refractivity contribution < 1.29 is 4.74 Å². The summed E-state index contributed by atoms with van der Waals surface area (Å²) in [7, 11) is 4.10. The summed E-state index contributed by atoms with van der Waals surface area (Å²) in [6, 6.07) is 0. The van der Waals surface area contributed by atoms with Gasteiger partial charge in [0.15, 0.2) is 5.96 Å². The molecule has 0 aromatic heterocycles. The van der Waals surface area contributed by atoms with Crippen LogP contribution in [0.15, 0.2) is 4.99 Å². The predicted molar refractivity (Wildman–Crippen MR) is 117 cm³/mol. The third-order valence-corrected chi connectivity index (χ3v) is 5.78. The van der Waals surface area contributed by atoms with Crippen LogP contribution < -0.4 is 10.6 Å². The lowest BCUT2D eigenvalue weighted by Gasteiger charge is -2.32. The number of nitrogens with zero attached hydrogens (tertiary/aromatic N) is 2. The molecule has 2 fully saturated rings. The van der Waals surface area contributed by atoms with Crippen molar-refractivity contribution in [1.82, 2.24) is 15.5 Å². The third kappa shape index (κ3) is 7.99. The van der Waals surface area contributed by atoms with Crippen LogP contribution in [0.2, 0.25) is 0 Å². The molecule has 1 unspecified atom stereocenters. The van der Waals surface area contributed by atoms with Crippen molar-refractivity contribution in [2.45, 2.75) is 51.9 Å². The molecule has 0 radical (unpaired) electrons. The van der Waals surface area contributed by atoms with Gasteiger partial charge in [-0.3, -0.25) is 4.99 Å². The molecule has 1 aliphatic carbocycles. The molecule has 5 nitrogen and oxygen atoms in total. The van der Waals surface area contributed by atoms with Crippen molar-refractivity contribution in [3.05, 3.63) is 0 Å². The monoisotopic (exact) mass is 466 g/mol. The van der Waals surface area contributed by atoms with Gasteiger partial charge in [-0.25, -0.2) is 0 Å². The Morgan fingerprint density at radius 3 is 2.64 bits per heavy atom. The van der Waals surface area contributed by atoms with Gasteiger partial charge in [0.05, 0.1) is 0 Å². The molecule has 0 aromatic rings. The van der Waals surface area contributed by atoms with Gasteiger partial charge in [0, 0.05) is 39.9 Å². The first-order valence-corrected chi connectivity index (χ1v) is 9.88. The van der Waals surface area contributed by atoms with Gasteiger partial charge in [-0.1, -0.05) is 12.8 Å². The molecule has 2 rings (SSSR count). The Labute approximate surface area is 171 Å². The van der Waals surface area contributed by atoms with E-state index in [4.69, 9.17) is 4.74 Å². The second-order valence-corrected chi connectivity index (χ2v) is 7.73. The highest BCUT2D eigenvalue weighted by Gasteiger charge is 2.33. The maximum Gasteiger partial charge on any atom is 0.191 e. The van der Waals surface area contributed by atoms with Crippen LogP contribution in [-0.4, -0.2) is 64.3 Å². The number of hydrogen-bond donors (Lipinski definition) is 2. The first kappa shape index (κ1) is 23.0. The standard InChI is InChI=1S/C19H38N4O.HI/c1-4-24-13-11-19(9-5-6-10-19)16-22-18(20-2)21-14-17-8-7-12-23(3)15-17;/h17H,4-16H2,1-3H3,(H2,20,21,22);1H. The number of aliphatic imine (C=N–C) groups is 1. The fourth-order valence-corrected chi connectivity index (χ4v) is 4.25. The van der Waals surface area contributed by atoms with Gasteiger partial charge in [0.25, 0.3) is 0 Å². The minimum atomic E-state index is 0. The number of halogens is 1. The van der Waals surface area contributed by atoms with Gasteiger partial charge in [-0.2, -0.15) is 0 Å². The van der Waals surface area contributed by atoms with Crippen molar-refractivity contribution in [2.75, 3.05) is 53.5 Å². The SMILES string of the molecule is CCOCCC1(CNC(=NC)NCC2CCCN(C)C2)CCCC1.I. The normalized spacial score (nSPS) is 24.0. The zero-order valence-electron chi connectivity index (χ0n) is 16.5. The molecule has 1 aliphatic heterocycles. The predicted octanol–water partition coefficient (Wildman–Crippen LogP) is 3.10. The minimum Gasteiger partial charge on any atom is -0.382 e. The van der Waals surface area contributed by atoms with Crippen LogP contribution in [0.4, 0.5) is 0 Å². The summed E-state index contributed by atoms with van der Waals surface area (Å²) in [5.41, 5.74) is 0.401. The maximum absolute atomic E-state index is 5.61. The zero-order chi connectivity index (χ0) is 17.3. The molecular weight excluding hydrogens is 427 g/mol. The van der Waals surface area contributed by atoms with Gasteiger partial charge in [-0.15, -0.1) is 24.0 Å². The third-order valence-electron chi connectivity index (χ3n) is 5.78. The Hall–Kier alpha value is -0.0800. The summed E-state index contributed by atoms with van der Waals surface area (Å²) in [6.45, 7) is 8.27. The average molecular weight is 466 g/mol. The van der Waals surface area contributed by atoms with Crippen LogP contribution >= 0.6 is 24.0 Å². The highest BCUT2D eigenvalue weighted by Crippen LogP contribution is 2.40. The van der Waals surface area contributed by atoms with Crippen LogP contribution in [0.25, 0.3) is 0 Å². The van der Waals surface area contributed by atoms with Crippen molar-refractivity contribution >= 4 is 29.9 Å². The molecule has 1 saturated heterocycles. The van der Waals surface area contributed by atoms with Crippen molar-refractivity contribution in [3.8, 4) is 0 Å². The van der Waals surface area contributed by atoms with E-state index in [0.29, 0.717) is 5.41 Å². The van der Waals surface area contributed by atoms with Crippen LogP contribution in [0.3, 0.4) is 0 Å². The van der Waals surface area contributed by atoms with Gasteiger partial charge >= 0.3 is 0 Å². The Morgan fingerprint density at radius 2 is 2.00 bits per heavy atom. The fraction of sp³-hybridized carbons (Fsp3) is 0.947. The quantitative estimate of drug-likeness (QED) is 0.250. The van der Waals surface area contributed by atoms with Crippen LogP contribution in [0.1, 0.15) is 51.9 Å². The number of rotatable bonds is 8. The van der Waals surface area contributed by atoms with Crippen molar-refractivity contribution in [1.29, 1.82) is 0 Å². The molecule has 25 heavy (non-hydrogen) atoms. The largest absolute Gasteiger partial charge is 0.382 e. The second kappa shape index (κ2) is 12.3. The molecule has 148 valence electrons. The zero-order valence-corrected chi connectivity index (χ0v) is 18.8. The smallest absolute Gasteiger partial charge is 0.191 e. The molecule has 6 heteroatoms. The molecule has 2 N–H and O–H groups in total. The number of ether oxygens (including phenoxy) is 1. The lowest BCUT2D eigenvalue weighted by atomic mass is 9.83. The topological polar surface area (TPSA) is 48.9 Å². The van der Waals surface area contributed by atoms with Crippen molar-refractivity contribution in [2.24, 2.45) is 16.3 Å². The van der Waals surface area contributed by atoms with Crippen LogP contribution in [-0.2, 0) is 4.74 Å². The molecule has 0 aromatic carbocycles. The molecule has 0 amide bonds. The van der Waals surface area contributed by atoms with Gasteiger partial charge in [0.1, 0.15) is 0 Å². The molecule has 2 aliphatic rings. The average Bonchev–Trinajstić information content (AvgIpc) is 3.04. The highest BCUT2D eigenvalue weighted by atomic mass is 127. The Balaban J connectivity index is 0.00000312. The van der Waals surface area contributed by atoms with E-state index < -0.39 is 0 Å².